The Morgan fingerprint density at radius 2 is 2.20 bits per heavy atom. The maximum atomic E-state index is 12.5. The van der Waals surface area contributed by atoms with Gasteiger partial charge in [0.05, 0.1) is 12.0 Å². The van der Waals surface area contributed by atoms with Crippen molar-refractivity contribution in [1.82, 2.24) is 14.9 Å². The standard InChI is InChI=1S/C14H15F2N3O/c15-14(16)20-13-4-2-1-3-11(13)19-9-18-8-12(19)10-5-6-17-7-10/h1-4,8-10,14,17H,5-7H2. The molecule has 1 aliphatic rings. The number of nitrogens with zero attached hydrogens (tertiary/aromatic N) is 2. The van der Waals surface area contributed by atoms with E-state index in [1.807, 2.05) is 4.57 Å². The van der Waals surface area contributed by atoms with Crippen LogP contribution in [0.1, 0.15) is 18.0 Å². The third kappa shape index (κ3) is 2.51. The average Bonchev–Trinajstić information content (AvgIpc) is 3.09. The highest BCUT2D eigenvalue weighted by Crippen LogP contribution is 2.29. The quantitative estimate of drug-likeness (QED) is 0.935. The third-order valence-corrected chi connectivity index (χ3v) is 3.49. The number of nitrogens with one attached hydrogen (secondary N) is 1. The smallest absolute Gasteiger partial charge is 0.387 e. The molecular formula is C14H15F2N3O. The lowest BCUT2D eigenvalue weighted by atomic mass is 10.1. The van der Waals surface area contributed by atoms with Crippen LogP contribution in [-0.4, -0.2) is 29.3 Å². The molecule has 0 spiro atoms. The minimum absolute atomic E-state index is 0.160. The second-order valence-corrected chi connectivity index (χ2v) is 4.72. The fourth-order valence-electron chi connectivity index (χ4n) is 2.57. The molecule has 6 heteroatoms. The van der Waals surface area contributed by atoms with Gasteiger partial charge in [-0.25, -0.2) is 4.98 Å². The van der Waals surface area contributed by atoms with Crippen LogP contribution in [0.5, 0.6) is 5.75 Å². The molecule has 0 amide bonds. The monoisotopic (exact) mass is 279 g/mol. The van der Waals surface area contributed by atoms with E-state index >= 15 is 0 Å². The highest BCUT2D eigenvalue weighted by molar-refractivity contribution is 5.48. The van der Waals surface area contributed by atoms with Crippen LogP contribution in [0, 0.1) is 0 Å². The van der Waals surface area contributed by atoms with Gasteiger partial charge in [0.25, 0.3) is 0 Å². The van der Waals surface area contributed by atoms with Crippen LogP contribution >= 0.6 is 0 Å². The van der Waals surface area contributed by atoms with Gasteiger partial charge in [-0.15, -0.1) is 0 Å². The van der Waals surface area contributed by atoms with Gasteiger partial charge >= 0.3 is 6.61 Å². The molecule has 106 valence electrons. The number of imidazole rings is 1. The minimum atomic E-state index is -2.84. The number of benzene rings is 1. The summed E-state index contributed by atoms with van der Waals surface area (Å²) in [7, 11) is 0. The summed E-state index contributed by atoms with van der Waals surface area (Å²) >= 11 is 0. The van der Waals surface area contributed by atoms with Crippen molar-refractivity contribution in [3.8, 4) is 11.4 Å². The molecular weight excluding hydrogens is 264 g/mol. The lowest BCUT2D eigenvalue weighted by Gasteiger charge is -2.16. The summed E-state index contributed by atoms with van der Waals surface area (Å²) in [4.78, 5) is 4.16. The molecule has 4 nitrogen and oxygen atoms in total. The number of hydrogen-bond acceptors (Lipinski definition) is 3. The molecule has 1 saturated heterocycles. The number of hydrogen-bond donors (Lipinski definition) is 1. The Morgan fingerprint density at radius 3 is 2.95 bits per heavy atom. The molecule has 0 radical (unpaired) electrons. The minimum Gasteiger partial charge on any atom is -0.433 e. The molecule has 1 fully saturated rings. The van der Waals surface area contributed by atoms with E-state index in [0.29, 0.717) is 11.6 Å². The van der Waals surface area contributed by atoms with Gasteiger partial charge in [-0.2, -0.15) is 8.78 Å². The van der Waals surface area contributed by atoms with E-state index in [9.17, 15) is 8.78 Å². The summed E-state index contributed by atoms with van der Waals surface area (Å²) in [6.07, 6.45) is 4.45. The largest absolute Gasteiger partial charge is 0.433 e. The number of aromatic nitrogens is 2. The first kappa shape index (κ1) is 13.1. The summed E-state index contributed by atoms with van der Waals surface area (Å²) in [6.45, 7) is -0.995. The second kappa shape index (κ2) is 5.58. The molecule has 1 atom stereocenters. The molecule has 1 aromatic heterocycles. The lowest BCUT2D eigenvalue weighted by molar-refractivity contribution is -0.0498. The summed E-state index contributed by atoms with van der Waals surface area (Å²) in [6, 6.07) is 6.77. The fourth-order valence-corrected chi connectivity index (χ4v) is 2.57. The Kier molecular flexibility index (Phi) is 3.64. The van der Waals surface area contributed by atoms with Crippen molar-refractivity contribution >= 4 is 0 Å². The molecule has 0 saturated carbocycles. The third-order valence-electron chi connectivity index (χ3n) is 3.49. The van der Waals surface area contributed by atoms with E-state index in [1.165, 1.54) is 6.07 Å². The van der Waals surface area contributed by atoms with Gasteiger partial charge in [-0.3, -0.25) is 4.57 Å². The molecule has 1 aliphatic heterocycles. The Bertz CT molecular complexity index is 579. The van der Waals surface area contributed by atoms with Crippen molar-refractivity contribution in [3.05, 3.63) is 42.5 Å². The van der Waals surface area contributed by atoms with Crippen LogP contribution in [0.3, 0.4) is 0 Å². The number of halogens is 2. The summed E-state index contributed by atoms with van der Waals surface area (Å²) < 4.78 is 31.4. The van der Waals surface area contributed by atoms with Crippen molar-refractivity contribution < 1.29 is 13.5 Å². The van der Waals surface area contributed by atoms with Gasteiger partial charge < -0.3 is 10.1 Å². The molecule has 1 aromatic carbocycles. The molecule has 2 aromatic rings. The van der Waals surface area contributed by atoms with Crippen LogP contribution in [-0.2, 0) is 0 Å². The predicted octanol–water partition coefficient (Wildman–Crippen LogP) is 2.55. The number of rotatable bonds is 4. The van der Waals surface area contributed by atoms with Crippen molar-refractivity contribution in [2.45, 2.75) is 19.0 Å². The van der Waals surface area contributed by atoms with Crippen molar-refractivity contribution in [2.75, 3.05) is 13.1 Å². The number of ether oxygens (including phenoxy) is 1. The zero-order valence-corrected chi connectivity index (χ0v) is 10.8. The first-order valence-electron chi connectivity index (χ1n) is 6.53. The van der Waals surface area contributed by atoms with Crippen molar-refractivity contribution in [3.63, 3.8) is 0 Å². The van der Waals surface area contributed by atoms with E-state index in [-0.39, 0.29) is 5.75 Å². The Hall–Kier alpha value is -1.95. The normalized spacial score (nSPS) is 18.6. The fraction of sp³-hybridized carbons (Fsp3) is 0.357. The van der Waals surface area contributed by atoms with Gasteiger partial charge in [-0.05, 0) is 25.1 Å². The van der Waals surface area contributed by atoms with E-state index in [4.69, 9.17) is 0 Å². The van der Waals surface area contributed by atoms with Gasteiger partial charge in [-0.1, -0.05) is 12.1 Å². The molecule has 1 unspecified atom stereocenters. The van der Waals surface area contributed by atoms with Gasteiger partial charge in [0, 0.05) is 24.4 Å². The molecule has 3 rings (SSSR count). The van der Waals surface area contributed by atoms with Gasteiger partial charge in [0.2, 0.25) is 0 Å². The average molecular weight is 279 g/mol. The number of alkyl halides is 2. The number of para-hydroxylation sites is 2. The zero-order valence-electron chi connectivity index (χ0n) is 10.8. The SMILES string of the molecule is FC(F)Oc1ccccc1-n1cncc1C1CCNC1. The first-order valence-corrected chi connectivity index (χ1v) is 6.53. The van der Waals surface area contributed by atoms with Crippen LogP contribution in [0.2, 0.25) is 0 Å². The maximum Gasteiger partial charge on any atom is 0.387 e. The van der Waals surface area contributed by atoms with Gasteiger partial charge in [0.15, 0.2) is 0 Å². The van der Waals surface area contributed by atoms with E-state index < -0.39 is 6.61 Å². The van der Waals surface area contributed by atoms with Crippen LogP contribution in [0.25, 0.3) is 5.69 Å². The lowest BCUT2D eigenvalue weighted by Crippen LogP contribution is -2.12. The Balaban J connectivity index is 1.99. The predicted molar refractivity (Wildman–Crippen MR) is 70.4 cm³/mol. The summed E-state index contributed by atoms with van der Waals surface area (Å²) in [5.74, 6) is 0.504. The molecule has 2 heterocycles. The Morgan fingerprint density at radius 1 is 1.35 bits per heavy atom. The summed E-state index contributed by atoms with van der Waals surface area (Å²) in [5, 5.41) is 3.29. The van der Waals surface area contributed by atoms with E-state index in [1.54, 1.807) is 30.7 Å². The maximum absolute atomic E-state index is 12.5. The van der Waals surface area contributed by atoms with Crippen LogP contribution in [0.15, 0.2) is 36.8 Å². The van der Waals surface area contributed by atoms with E-state index in [2.05, 4.69) is 15.0 Å². The topological polar surface area (TPSA) is 39.1 Å². The van der Waals surface area contributed by atoms with E-state index in [0.717, 1.165) is 25.2 Å². The van der Waals surface area contributed by atoms with Crippen LogP contribution < -0.4 is 10.1 Å². The molecule has 0 bridgehead atoms. The van der Waals surface area contributed by atoms with Crippen molar-refractivity contribution in [2.24, 2.45) is 0 Å². The highest BCUT2D eigenvalue weighted by Gasteiger charge is 2.22. The van der Waals surface area contributed by atoms with Crippen molar-refractivity contribution in [1.29, 1.82) is 0 Å². The second-order valence-electron chi connectivity index (χ2n) is 4.72. The van der Waals surface area contributed by atoms with Crippen LogP contribution in [0.4, 0.5) is 8.78 Å². The molecule has 1 N–H and O–H groups in total. The molecule has 20 heavy (non-hydrogen) atoms. The summed E-state index contributed by atoms with van der Waals surface area (Å²) in [5.41, 5.74) is 1.60. The Labute approximate surface area is 115 Å². The zero-order chi connectivity index (χ0) is 13.9. The first-order chi connectivity index (χ1) is 9.75. The van der Waals surface area contributed by atoms with Gasteiger partial charge in [0.1, 0.15) is 5.75 Å². The highest BCUT2D eigenvalue weighted by atomic mass is 19.3. The molecule has 0 aliphatic carbocycles.